The first-order valence-electron chi connectivity index (χ1n) is 4.78. The van der Waals surface area contributed by atoms with Crippen molar-refractivity contribution in [2.45, 2.75) is 13.3 Å². The molecule has 16 heavy (non-hydrogen) atoms. The number of fused-ring (bicyclic) bond motifs is 1. The van der Waals surface area contributed by atoms with E-state index in [0.717, 1.165) is 5.69 Å². The predicted molar refractivity (Wildman–Crippen MR) is 56.8 cm³/mol. The molecule has 0 atom stereocenters. The molecule has 0 spiro atoms. The highest BCUT2D eigenvalue weighted by molar-refractivity contribution is 6.01. The number of carbonyl (C=O) groups excluding carboxylic acids is 1. The summed E-state index contributed by atoms with van der Waals surface area (Å²) in [5, 5.41) is 0.692. The quantitative estimate of drug-likeness (QED) is 0.729. The highest BCUT2D eigenvalue weighted by atomic mass is 19.3. The van der Waals surface area contributed by atoms with Crippen molar-refractivity contribution in [3.8, 4) is 0 Å². The number of Topliss-reactive ketones (excluding diaryl/α,β-unsaturated/α-hetero) is 1. The van der Waals surface area contributed by atoms with Crippen molar-refractivity contribution in [3.63, 3.8) is 0 Å². The molecule has 1 heterocycles. The summed E-state index contributed by atoms with van der Waals surface area (Å²) in [7, 11) is 0. The van der Waals surface area contributed by atoms with Crippen LogP contribution in [0, 0.1) is 6.92 Å². The Hall–Kier alpha value is -1.84. The van der Waals surface area contributed by atoms with Crippen LogP contribution in [0.3, 0.4) is 0 Å². The number of ketones is 1. The highest BCUT2D eigenvalue weighted by Gasteiger charge is 2.17. The van der Waals surface area contributed by atoms with E-state index in [9.17, 15) is 13.6 Å². The van der Waals surface area contributed by atoms with Gasteiger partial charge in [-0.25, -0.2) is 8.78 Å². The maximum absolute atomic E-state index is 12.2. The Balaban J connectivity index is 2.52. The number of halogens is 2. The van der Waals surface area contributed by atoms with Gasteiger partial charge in [0.2, 0.25) is 5.78 Å². The SMILES string of the molecule is Cc1ccc2cc(C(=O)C(F)F)ccc2n1. The zero-order chi connectivity index (χ0) is 11.7. The number of nitrogens with zero attached hydrogens (tertiary/aromatic N) is 1. The van der Waals surface area contributed by atoms with Crippen LogP contribution in [-0.2, 0) is 0 Å². The summed E-state index contributed by atoms with van der Waals surface area (Å²) >= 11 is 0. The van der Waals surface area contributed by atoms with Gasteiger partial charge in [0, 0.05) is 16.6 Å². The number of pyridine rings is 1. The number of aryl methyl sites for hydroxylation is 1. The van der Waals surface area contributed by atoms with E-state index >= 15 is 0 Å². The van der Waals surface area contributed by atoms with Crippen LogP contribution in [0.1, 0.15) is 16.1 Å². The third-order valence-electron chi connectivity index (χ3n) is 2.31. The maximum atomic E-state index is 12.2. The number of hydrogen-bond acceptors (Lipinski definition) is 2. The van der Waals surface area contributed by atoms with Gasteiger partial charge >= 0.3 is 6.43 Å². The number of rotatable bonds is 2. The Morgan fingerprint density at radius 2 is 2.00 bits per heavy atom. The number of alkyl halides is 2. The van der Waals surface area contributed by atoms with Gasteiger partial charge in [0.25, 0.3) is 0 Å². The smallest absolute Gasteiger partial charge is 0.288 e. The van der Waals surface area contributed by atoms with Crippen molar-refractivity contribution in [3.05, 3.63) is 41.6 Å². The van der Waals surface area contributed by atoms with E-state index in [2.05, 4.69) is 4.98 Å². The molecule has 1 aromatic heterocycles. The van der Waals surface area contributed by atoms with Gasteiger partial charge in [-0.2, -0.15) is 0 Å². The van der Waals surface area contributed by atoms with Crippen molar-refractivity contribution in [2.24, 2.45) is 0 Å². The summed E-state index contributed by atoms with van der Waals surface area (Å²) in [6, 6.07) is 7.94. The summed E-state index contributed by atoms with van der Waals surface area (Å²) in [6.07, 6.45) is -2.96. The summed E-state index contributed by atoms with van der Waals surface area (Å²) < 4.78 is 24.4. The molecule has 0 fully saturated rings. The first-order valence-corrected chi connectivity index (χ1v) is 4.78. The molecule has 0 bridgehead atoms. The molecular weight excluding hydrogens is 212 g/mol. The van der Waals surface area contributed by atoms with Crippen LogP contribution in [-0.4, -0.2) is 17.2 Å². The van der Waals surface area contributed by atoms with E-state index in [1.54, 1.807) is 18.2 Å². The second-order valence-electron chi connectivity index (χ2n) is 3.53. The minimum atomic E-state index is -2.96. The van der Waals surface area contributed by atoms with Gasteiger partial charge in [0.15, 0.2) is 0 Å². The van der Waals surface area contributed by atoms with Crippen LogP contribution in [0.15, 0.2) is 30.3 Å². The van der Waals surface area contributed by atoms with Crippen LogP contribution in [0.2, 0.25) is 0 Å². The summed E-state index contributed by atoms with van der Waals surface area (Å²) in [4.78, 5) is 15.3. The molecule has 1 aromatic carbocycles. The van der Waals surface area contributed by atoms with Crippen LogP contribution >= 0.6 is 0 Å². The van der Waals surface area contributed by atoms with E-state index in [4.69, 9.17) is 0 Å². The average Bonchev–Trinajstić information content (AvgIpc) is 2.27. The molecule has 0 saturated carbocycles. The minimum absolute atomic E-state index is 0.0214. The van der Waals surface area contributed by atoms with E-state index in [-0.39, 0.29) is 5.56 Å². The summed E-state index contributed by atoms with van der Waals surface area (Å²) in [5.41, 5.74) is 1.57. The van der Waals surface area contributed by atoms with Gasteiger partial charge in [0.1, 0.15) is 0 Å². The molecule has 0 aliphatic carbocycles. The average molecular weight is 221 g/mol. The van der Waals surface area contributed by atoms with Gasteiger partial charge in [-0.05, 0) is 31.2 Å². The van der Waals surface area contributed by atoms with Crippen molar-refractivity contribution in [2.75, 3.05) is 0 Å². The zero-order valence-electron chi connectivity index (χ0n) is 8.58. The Labute approximate surface area is 90.9 Å². The van der Waals surface area contributed by atoms with Crippen molar-refractivity contribution in [1.29, 1.82) is 0 Å². The summed E-state index contributed by atoms with van der Waals surface area (Å²) in [5.74, 6) is -1.15. The Morgan fingerprint density at radius 3 is 2.69 bits per heavy atom. The topological polar surface area (TPSA) is 30.0 Å². The second-order valence-corrected chi connectivity index (χ2v) is 3.53. The van der Waals surface area contributed by atoms with Crippen LogP contribution in [0.25, 0.3) is 10.9 Å². The van der Waals surface area contributed by atoms with Gasteiger partial charge in [-0.3, -0.25) is 9.78 Å². The molecule has 0 unspecified atom stereocenters. The minimum Gasteiger partial charge on any atom is -0.288 e. The standard InChI is InChI=1S/C12H9F2NO/c1-7-2-3-8-6-9(11(16)12(13)14)4-5-10(8)15-7/h2-6,12H,1H3. The van der Waals surface area contributed by atoms with Gasteiger partial charge in [-0.15, -0.1) is 0 Å². The van der Waals surface area contributed by atoms with Crippen LogP contribution < -0.4 is 0 Å². The monoisotopic (exact) mass is 221 g/mol. The first kappa shape index (κ1) is 10.7. The molecule has 0 aliphatic heterocycles. The number of benzene rings is 1. The first-order chi connectivity index (χ1) is 7.58. The molecule has 2 rings (SSSR count). The molecule has 2 nitrogen and oxygen atoms in total. The van der Waals surface area contributed by atoms with E-state index in [1.165, 1.54) is 12.1 Å². The zero-order valence-corrected chi connectivity index (χ0v) is 8.58. The van der Waals surface area contributed by atoms with E-state index in [1.807, 2.05) is 6.92 Å². The van der Waals surface area contributed by atoms with Crippen LogP contribution in [0.4, 0.5) is 8.78 Å². The third kappa shape index (κ3) is 1.91. The molecule has 0 N–H and O–H groups in total. The van der Waals surface area contributed by atoms with Gasteiger partial charge < -0.3 is 0 Å². The second kappa shape index (κ2) is 3.96. The maximum Gasteiger partial charge on any atom is 0.300 e. The molecule has 82 valence electrons. The number of carbonyl (C=O) groups is 1. The van der Waals surface area contributed by atoms with Gasteiger partial charge in [0.05, 0.1) is 5.52 Å². The fourth-order valence-corrected chi connectivity index (χ4v) is 1.51. The Bertz CT molecular complexity index is 552. The normalized spacial score (nSPS) is 11.0. The fraction of sp³-hybridized carbons (Fsp3) is 0.167. The highest BCUT2D eigenvalue weighted by Crippen LogP contribution is 2.16. The van der Waals surface area contributed by atoms with Crippen molar-refractivity contribution >= 4 is 16.7 Å². The molecule has 0 radical (unpaired) electrons. The molecule has 0 aliphatic rings. The predicted octanol–water partition coefficient (Wildman–Crippen LogP) is 2.99. The van der Waals surface area contributed by atoms with Gasteiger partial charge in [-0.1, -0.05) is 6.07 Å². The Morgan fingerprint density at radius 1 is 1.25 bits per heavy atom. The van der Waals surface area contributed by atoms with Crippen molar-refractivity contribution < 1.29 is 13.6 Å². The number of hydrogen-bond donors (Lipinski definition) is 0. The lowest BCUT2D eigenvalue weighted by atomic mass is 10.1. The van der Waals surface area contributed by atoms with E-state index in [0.29, 0.717) is 10.9 Å². The summed E-state index contributed by atoms with van der Waals surface area (Å²) in [6.45, 7) is 1.84. The molecule has 2 aromatic rings. The van der Waals surface area contributed by atoms with E-state index < -0.39 is 12.2 Å². The molecule has 4 heteroatoms. The largest absolute Gasteiger partial charge is 0.300 e. The lowest BCUT2D eigenvalue weighted by Gasteiger charge is -2.02. The third-order valence-corrected chi connectivity index (χ3v) is 2.31. The molecule has 0 amide bonds. The molecular formula is C12H9F2NO. The van der Waals surface area contributed by atoms with Crippen LogP contribution in [0.5, 0.6) is 0 Å². The Kier molecular flexibility index (Phi) is 2.64. The lowest BCUT2D eigenvalue weighted by Crippen LogP contribution is -2.09. The van der Waals surface area contributed by atoms with Crippen molar-refractivity contribution in [1.82, 2.24) is 4.98 Å². The number of aromatic nitrogens is 1. The molecule has 0 saturated heterocycles. The fourth-order valence-electron chi connectivity index (χ4n) is 1.51. The lowest BCUT2D eigenvalue weighted by molar-refractivity contribution is 0.0679.